The van der Waals surface area contributed by atoms with Crippen LogP contribution in [0.3, 0.4) is 0 Å². The van der Waals surface area contributed by atoms with Gasteiger partial charge in [0.2, 0.25) is 0 Å². The molecule has 1 atom stereocenters. The van der Waals surface area contributed by atoms with Crippen LogP contribution < -0.4 is 4.74 Å². The predicted octanol–water partition coefficient (Wildman–Crippen LogP) is 2.42. The summed E-state index contributed by atoms with van der Waals surface area (Å²) in [5.41, 5.74) is 0. The van der Waals surface area contributed by atoms with Crippen LogP contribution in [0.15, 0.2) is 29.2 Å². The van der Waals surface area contributed by atoms with Gasteiger partial charge in [0.1, 0.15) is 5.75 Å². The van der Waals surface area contributed by atoms with Gasteiger partial charge in [-0.2, -0.15) is 13.2 Å². The van der Waals surface area contributed by atoms with Crippen LogP contribution in [0.1, 0.15) is 6.92 Å². The van der Waals surface area contributed by atoms with Crippen molar-refractivity contribution in [2.24, 2.45) is 0 Å². The summed E-state index contributed by atoms with van der Waals surface area (Å²) in [6.45, 7) is 0.879. The van der Waals surface area contributed by atoms with Gasteiger partial charge in [0.25, 0.3) is 0 Å². The zero-order chi connectivity index (χ0) is 13.3. The number of ether oxygens (including phenoxy) is 1. The molecule has 0 saturated carbocycles. The Labute approximate surface area is 97.1 Å². The van der Waals surface area contributed by atoms with Gasteiger partial charge in [-0.1, -0.05) is 0 Å². The van der Waals surface area contributed by atoms with Crippen LogP contribution in [0.4, 0.5) is 13.2 Å². The smallest absolute Gasteiger partial charge is 0.425 e. The number of benzene rings is 1. The summed E-state index contributed by atoms with van der Waals surface area (Å²) in [6, 6.07) is 4.79. The number of hydrogen-bond donors (Lipinski definition) is 0. The quantitative estimate of drug-likeness (QED) is 0.845. The molecule has 1 rings (SSSR count). The monoisotopic (exact) mass is 268 g/mol. The Morgan fingerprint density at radius 2 is 1.65 bits per heavy atom. The maximum absolute atomic E-state index is 12.2. The normalized spacial score (nSPS) is 14.4. The zero-order valence-corrected chi connectivity index (χ0v) is 9.97. The molecule has 0 heterocycles. The predicted molar refractivity (Wildman–Crippen MR) is 55.7 cm³/mol. The molecule has 0 spiro atoms. The first kappa shape index (κ1) is 13.8. The molecular formula is C10H11F3O3S. The second kappa shape index (κ2) is 4.56. The standard InChI is InChI=1S/C10H11F3O3S/c1-7(10(11,12)13)16-8-3-5-9(6-4-8)17(2,14)15/h3-7H,1-2H3. The first-order valence-electron chi connectivity index (χ1n) is 4.64. The molecule has 1 aromatic rings. The average molecular weight is 268 g/mol. The Hall–Kier alpha value is -1.24. The first-order valence-corrected chi connectivity index (χ1v) is 6.53. The van der Waals surface area contributed by atoms with Gasteiger partial charge in [-0.15, -0.1) is 0 Å². The molecule has 17 heavy (non-hydrogen) atoms. The molecule has 1 aromatic carbocycles. The second-order valence-electron chi connectivity index (χ2n) is 3.55. The van der Waals surface area contributed by atoms with Gasteiger partial charge >= 0.3 is 6.18 Å². The molecule has 3 nitrogen and oxygen atoms in total. The molecule has 0 radical (unpaired) electrons. The van der Waals surface area contributed by atoms with Crippen molar-refractivity contribution in [1.29, 1.82) is 0 Å². The van der Waals surface area contributed by atoms with E-state index in [9.17, 15) is 21.6 Å². The van der Waals surface area contributed by atoms with Crippen molar-refractivity contribution in [1.82, 2.24) is 0 Å². The molecule has 0 aromatic heterocycles. The minimum absolute atomic E-state index is 0.0257. The number of hydrogen-bond acceptors (Lipinski definition) is 3. The Morgan fingerprint density at radius 1 is 1.18 bits per heavy atom. The summed E-state index contributed by atoms with van der Waals surface area (Å²) < 4.78 is 63.4. The summed E-state index contributed by atoms with van der Waals surface area (Å²) in [6.07, 6.45) is -5.37. The molecule has 0 amide bonds. The molecule has 0 aliphatic heterocycles. The molecule has 0 aliphatic rings. The van der Waals surface area contributed by atoms with Crippen LogP contribution in [0, 0.1) is 0 Å². The van der Waals surface area contributed by atoms with Gasteiger partial charge in [-0.05, 0) is 31.2 Å². The maximum atomic E-state index is 12.2. The SMILES string of the molecule is CC(Oc1ccc(S(C)(=O)=O)cc1)C(F)(F)F. The van der Waals surface area contributed by atoms with Crippen molar-refractivity contribution >= 4 is 9.84 Å². The first-order chi connectivity index (χ1) is 7.60. The Balaban J connectivity index is 2.83. The summed E-state index contributed by atoms with van der Waals surface area (Å²) in [4.78, 5) is 0.0320. The van der Waals surface area contributed by atoms with Gasteiger partial charge in [-0.3, -0.25) is 0 Å². The van der Waals surface area contributed by atoms with E-state index in [2.05, 4.69) is 4.74 Å². The summed E-state index contributed by atoms with van der Waals surface area (Å²) in [5.74, 6) is -0.0257. The van der Waals surface area contributed by atoms with Crippen LogP contribution in [0.5, 0.6) is 5.75 Å². The average Bonchev–Trinajstić information content (AvgIpc) is 2.15. The van der Waals surface area contributed by atoms with Crippen molar-refractivity contribution in [2.45, 2.75) is 24.1 Å². The lowest BCUT2D eigenvalue weighted by atomic mass is 10.3. The van der Waals surface area contributed by atoms with E-state index in [0.717, 1.165) is 13.2 Å². The largest absolute Gasteiger partial charge is 0.481 e. The van der Waals surface area contributed by atoms with E-state index >= 15 is 0 Å². The fraction of sp³-hybridized carbons (Fsp3) is 0.400. The lowest BCUT2D eigenvalue weighted by Crippen LogP contribution is -2.31. The highest BCUT2D eigenvalue weighted by molar-refractivity contribution is 7.90. The molecule has 0 aliphatic carbocycles. The molecule has 96 valence electrons. The minimum atomic E-state index is -4.45. The van der Waals surface area contributed by atoms with E-state index in [4.69, 9.17) is 0 Å². The molecule has 1 unspecified atom stereocenters. The summed E-state index contributed by atoms with van der Waals surface area (Å²) in [7, 11) is -3.35. The maximum Gasteiger partial charge on any atom is 0.425 e. The van der Waals surface area contributed by atoms with Crippen LogP contribution in [0.2, 0.25) is 0 Å². The van der Waals surface area contributed by atoms with Gasteiger partial charge in [0.15, 0.2) is 15.9 Å². The van der Waals surface area contributed by atoms with Crippen molar-refractivity contribution in [3.8, 4) is 5.75 Å². The Bertz CT molecular complexity index is 477. The third-order valence-corrected chi connectivity index (χ3v) is 3.15. The van der Waals surface area contributed by atoms with Crippen LogP contribution in [-0.4, -0.2) is 27.0 Å². The third-order valence-electron chi connectivity index (χ3n) is 2.03. The molecule has 0 N–H and O–H groups in total. The van der Waals surface area contributed by atoms with E-state index in [0.29, 0.717) is 0 Å². The lowest BCUT2D eigenvalue weighted by molar-refractivity contribution is -0.189. The molecule has 7 heteroatoms. The van der Waals surface area contributed by atoms with E-state index in [1.807, 2.05) is 0 Å². The highest BCUT2D eigenvalue weighted by atomic mass is 32.2. The molecule has 0 fully saturated rings. The molecule has 0 saturated heterocycles. The van der Waals surface area contributed by atoms with E-state index in [1.54, 1.807) is 0 Å². The highest BCUT2D eigenvalue weighted by Gasteiger charge is 2.38. The molecule has 0 bridgehead atoms. The van der Waals surface area contributed by atoms with Crippen molar-refractivity contribution in [3.63, 3.8) is 0 Å². The van der Waals surface area contributed by atoms with E-state index in [1.165, 1.54) is 24.3 Å². The zero-order valence-electron chi connectivity index (χ0n) is 9.15. The Kier molecular flexibility index (Phi) is 3.71. The molecular weight excluding hydrogens is 257 g/mol. The van der Waals surface area contributed by atoms with Crippen LogP contribution in [0.25, 0.3) is 0 Å². The number of rotatable bonds is 3. The topological polar surface area (TPSA) is 43.4 Å². The fourth-order valence-corrected chi connectivity index (χ4v) is 1.67. The minimum Gasteiger partial charge on any atom is -0.481 e. The number of sulfone groups is 1. The third kappa shape index (κ3) is 3.92. The van der Waals surface area contributed by atoms with Crippen molar-refractivity contribution < 1.29 is 26.3 Å². The van der Waals surface area contributed by atoms with Gasteiger partial charge in [-0.25, -0.2) is 8.42 Å². The second-order valence-corrected chi connectivity index (χ2v) is 5.56. The van der Waals surface area contributed by atoms with Crippen molar-refractivity contribution in [2.75, 3.05) is 6.26 Å². The number of alkyl halides is 3. The Morgan fingerprint density at radius 3 is 2.00 bits per heavy atom. The fourth-order valence-electron chi connectivity index (χ4n) is 1.04. The van der Waals surface area contributed by atoms with Gasteiger partial charge in [0, 0.05) is 6.26 Å². The summed E-state index contributed by atoms with van der Waals surface area (Å²) >= 11 is 0. The highest BCUT2D eigenvalue weighted by Crippen LogP contribution is 2.25. The van der Waals surface area contributed by atoms with Gasteiger partial charge in [0.05, 0.1) is 4.90 Å². The van der Waals surface area contributed by atoms with E-state index < -0.39 is 22.1 Å². The van der Waals surface area contributed by atoms with Crippen LogP contribution in [-0.2, 0) is 9.84 Å². The number of halogens is 3. The van der Waals surface area contributed by atoms with Crippen LogP contribution >= 0.6 is 0 Å². The van der Waals surface area contributed by atoms with E-state index in [-0.39, 0.29) is 10.6 Å². The summed E-state index contributed by atoms with van der Waals surface area (Å²) in [5, 5.41) is 0. The van der Waals surface area contributed by atoms with Gasteiger partial charge < -0.3 is 4.74 Å². The lowest BCUT2D eigenvalue weighted by Gasteiger charge is -2.17. The van der Waals surface area contributed by atoms with Crippen molar-refractivity contribution in [3.05, 3.63) is 24.3 Å².